The quantitative estimate of drug-likeness (QED) is 0.275. The third-order valence-corrected chi connectivity index (χ3v) is 6.75. The topological polar surface area (TPSA) is 165 Å². The van der Waals surface area contributed by atoms with Crippen molar-refractivity contribution >= 4 is 29.0 Å². The van der Waals surface area contributed by atoms with Gasteiger partial charge in [-0.2, -0.15) is 0 Å². The molecule has 40 heavy (non-hydrogen) atoms. The molecule has 1 fully saturated rings. The number of fused-ring (bicyclic) bond motifs is 2. The molecule has 1 saturated carbocycles. The van der Waals surface area contributed by atoms with Crippen LogP contribution < -0.4 is 20.9 Å². The minimum atomic E-state index is -3.76. The lowest BCUT2D eigenvalue weighted by Gasteiger charge is -2.23. The molecule has 218 valence electrons. The summed E-state index contributed by atoms with van der Waals surface area (Å²) in [6.45, 7) is 5.37. The molecule has 5 rings (SSSR count). The molecule has 1 unspecified atom stereocenters. The molecular weight excluding hydrogens is 535 g/mol. The molecule has 13 heteroatoms. The summed E-state index contributed by atoms with van der Waals surface area (Å²) in [7, 11) is 0. The fourth-order valence-electron chi connectivity index (χ4n) is 4.73. The lowest BCUT2D eigenvalue weighted by atomic mass is 9.92. The van der Waals surface area contributed by atoms with Crippen LogP contribution in [0.3, 0.4) is 0 Å². The van der Waals surface area contributed by atoms with Gasteiger partial charge in [0.15, 0.2) is 11.5 Å². The van der Waals surface area contributed by atoms with Crippen LogP contribution >= 0.6 is 0 Å². The molecule has 7 N–H and O–H groups in total. The van der Waals surface area contributed by atoms with Crippen LogP contribution in [0.15, 0.2) is 36.4 Å². The maximum absolute atomic E-state index is 15.2. The Hall–Kier alpha value is -3.81. The van der Waals surface area contributed by atoms with Crippen LogP contribution in [0, 0.1) is 5.82 Å². The van der Waals surface area contributed by atoms with Gasteiger partial charge >= 0.3 is 6.29 Å². The standard InChI is InChI=1S/C26H27F3N2O5.CH2O2.H3N/c1-24(2,3)22-9-14-8-18(17(27)11-19(14)31(22)12-16(33)13-32)30-23(34)25(6-7-25)15-4-5-20-21(10-15)36-26(28,29)35-20;2-1-3;/h4-5,8-11,16,32-33H,6-7,12-13H2,1-3H3,(H,30,34);1H,(H,2,3);1H3. The van der Waals surface area contributed by atoms with Crippen molar-refractivity contribution in [1.82, 2.24) is 10.7 Å². The number of nitrogens with one attached hydrogen (secondary N) is 1. The van der Waals surface area contributed by atoms with Gasteiger partial charge in [-0.15, -0.1) is 8.78 Å². The Labute approximate surface area is 227 Å². The molecule has 1 aliphatic heterocycles. The molecule has 1 aliphatic carbocycles. The number of amides is 1. The summed E-state index contributed by atoms with van der Waals surface area (Å²) in [6, 6.07) is 8.95. The third-order valence-electron chi connectivity index (χ3n) is 6.75. The van der Waals surface area contributed by atoms with E-state index in [1.54, 1.807) is 4.57 Å². The summed E-state index contributed by atoms with van der Waals surface area (Å²) in [4.78, 5) is 21.6. The molecule has 1 amide bonds. The van der Waals surface area contributed by atoms with Crippen molar-refractivity contribution in [2.24, 2.45) is 0 Å². The van der Waals surface area contributed by atoms with E-state index >= 15 is 4.39 Å². The van der Waals surface area contributed by atoms with E-state index in [0.717, 1.165) is 5.69 Å². The highest BCUT2D eigenvalue weighted by Gasteiger charge is 2.53. The van der Waals surface area contributed by atoms with E-state index in [4.69, 9.17) is 9.90 Å². The van der Waals surface area contributed by atoms with Crippen LogP contribution in [0.4, 0.5) is 18.9 Å². The first kappa shape index (κ1) is 30.7. The van der Waals surface area contributed by atoms with Crippen LogP contribution in [0.1, 0.15) is 44.9 Å². The van der Waals surface area contributed by atoms with E-state index in [0.29, 0.717) is 29.3 Å². The fraction of sp³-hybridized carbons (Fsp3) is 0.407. The van der Waals surface area contributed by atoms with Crippen LogP contribution in [0.25, 0.3) is 10.9 Å². The van der Waals surface area contributed by atoms with Crippen molar-refractivity contribution in [2.45, 2.75) is 63.4 Å². The lowest BCUT2D eigenvalue weighted by molar-refractivity contribution is -0.286. The fourth-order valence-corrected chi connectivity index (χ4v) is 4.73. The van der Waals surface area contributed by atoms with Crippen molar-refractivity contribution < 1.29 is 47.6 Å². The second kappa shape index (κ2) is 11.0. The molecule has 1 aromatic heterocycles. The van der Waals surface area contributed by atoms with Crippen LogP contribution in [0.5, 0.6) is 11.5 Å². The number of carbonyl (C=O) groups excluding carboxylic acids is 1. The zero-order valence-electron chi connectivity index (χ0n) is 22.2. The molecule has 1 atom stereocenters. The number of aliphatic hydroxyl groups excluding tert-OH is 2. The van der Waals surface area contributed by atoms with Crippen LogP contribution in [-0.4, -0.2) is 51.3 Å². The van der Waals surface area contributed by atoms with Gasteiger partial charge in [-0.05, 0) is 42.7 Å². The number of ether oxygens (including phenoxy) is 2. The van der Waals surface area contributed by atoms with Gasteiger partial charge < -0.3 is 40.8 Å². The van der Waals surface area contributed by atoms with E-state index in [9.17, 15) is 23.8 Å². The summed E-state index contributed by atoms with van der Waals surface area (Å²) < 4.78 is 52.7. The molecular formula is C27H32F3N3O7. The van der Waals surface area contributed by atoms with Crippen molar-refractivity contribution in [3.8, 4) is 11.5 Å². The average Bonchev–Trinajstić information content (AvgIpc) is 3.50. The third kappa shape index (κ3) is 5.86. The molecule has 0 saturated heterocycles. The lowest BCUT2D eigenvalue weighted by Crippen LogP contribution is -2.28. The first-order chi connectivity index (χ1) is 18.2. The number of alkyl halides is 2. The summed E-state index contributed by atoms with van der Waals surface area (Å²) in [5, 5.41) is 29.6. The number of aromatic nitrogens is 1. The van der Waals surface area contributed by atoms with Crippen molar-refractivity contribution in [3.05, 3.63) is 53.5 Å². The minimum Gasteiger partial charge on any atom is -0.483 e. The zero-order valence-corrected chi connectivity index (χ0v) is 22.2. The molecule has 0 radical (unpaired) electrons. The number of hydrogen-bond acceptors (Lipinski definition) is 7. The van der Waals surface area contributed by atoms with Gasteiger partial charge in [0, 0.05) is 22.6 Å². The van der Waals surface area contributed by atoms with Crippen LogP contribution in [0.2, 0.25) is 0 Å². The smallest absolute Gasteiger partial charge is 0.483 e. The maximum atomic E-state index is 15.2. The number of carboxylic acid groups (broad SMARTS) is 1. The zero-order chi connectivity index (χ0) is 28.8. The van der Waals surface area contributed by atoms with E-state index in [2.05, 4.69) is 14.8 Å². The Kier molecular flexibility index (Phi) is 8.44. The predicted molar refractivity (Wildman–Crippen MR) is 140 cm³/mol. The Morgan fingerprint density at radius 3 is 2.35 bits per heavy atom. The number of hydrogen-bond donors (Lipinski definition) is 5. The SMILES string of the molecule is CC(C)(C)c1cc2cc(NC(=O)C3(c4ccc5c(c4)OC(F)(F)O5)CC3)c(F)cc2n1CC(O)CO.N.O=CO. The van der Waals surface area contributed by atoms with Crippen LogP contribution in [-0.2, 0) is 27.0 Å². The van der Waals surface area contributed by atoms with Gasteiger partial charge in [0.1, 0.15) is 5.82 Å². The van der Waals surface area contributed by atoms with Gasteiger partial charge in [0.05, 0.1) is 35.9 Å². The van der Waals surface area contributed by atoms with E-state index in [1.165, 1.54) is 30.3 Å². The minimum absolute atomic E-state index is 0. The number of carbonyl (C=O) groups is 2. The molecule has 0 bridgehead atoms. The van der Waals surface area contributed by atoms with Gasteiger partial charge in [-0.25, -0.2) is 4.39 Å². The molecule has 2 aliphatic rings. The number of benzene rings is 2. The highest BCUT2D eigenvalue weighted by molar-refractivity contribution is 6.02. The summed E-state index contributed by atoms with van der Waals surface area (Å²) in [5.41, 5.74) is 0.532. The molecule has 2 aromatic carbocycles. The Morgan fingerprint density at radius 1 is 1.15 bits per heavy atom. The highest BCUT2D eigenvalue weighted by Crippen LogP contribution is 2.52. The van der Waals surface area contributed by atoms with E-state index in [-0.39, 0.29) is 41.8 Å². The first-order valence-electron chi connectivity index (χ1n) is 12.2. The number of halogens is 3. The van der Waals surface area contributed by atoms with E-state index < -0.39 is 36.1 Å². The molecule has 3 aromatic rings. The Morgan fingerprint density at radius 2 is 1.77 bits per heavy atom. The molecule has 10 nitrogen and oxygen atoms in total. The van der Waals surface area contributed by atoms with Crippen molar-refractivity contribution in [3.63, 3.8) is 0 Å². The van der Waals surface area contributed by atoms with Gasteiger partial charge in [0.2, 0.25) is 5.91 Å². The largest absolute Gasteiger partial charge is 0.586 e. The van der Waals surface area contributed by atoms with Crippen molar-refractivity contribution in [1.29, 1.82) is 0 Å². The second-order valence-corrected chi connectivity index (χ2v) is 10.6. The van der Waals surface area contributed by atoms with Gasteiger partial charge in [0.25, 0.3) is 6.47 Å². The van der Waals surface area contributed by atoms with Gasteiger partial charge in [-0.3, -0.25) is 9.59 Å². The number of anilines is 1. The normalized spacial score (nSPS) is 16.8. The average molecular weight is 568 g/mol. The summed E-state index contributed by atoms with van der Waals surface area (Å²) >= 11 is 0. The van der Waals surface area contributed by atoms with E-state index in [1.807, 2.05) is 26.8 Å². The second-order valence-electron chi connectivity index (χ2n) is 10.6. The molecule has 0 spiro atoms. The van der Waals surface area contributed by atoms with Gasteiger partial charge in [-0.1, -0.05) is 26.8 Å². The highest BCUT2D eigenvalue weighted by atomic mass is 19.3. The first-order valence-corrected chi connectivity index (χ1v) is 12.2. The maximum Gasteiger partial charge on any atom is 0.586 e. The van der Waals surface area contributed by atoms with Crippen molar-refractivity contribution in [2.75, 3.05) is 11.9 Å². The predicted octanol–water partition coefficient (Wildman–Crippen LogP) is 4.29. The Balaban J connectivity index is 0.00000106. The molecule has 2 heterocycles. The number of nitrogens with zero attached hydrogens (tertiary/aromatic N) is 1. The summed E-state index contributed by atoms with van der Waals surface area (Å²) in [6.07, 6.45) is -3.82. The summed E-state index contributed by atoms with van der Waals surface area (Å²) in [5.74, 6) is -1.36. The monoisotopic (exact) mass is 567 g/mol. The Bertz CT molecular complexity index is 1410. The number of aliphatic hydroxyl groups is 2. The number of rotatable bonds is 6.